The van der Waals surface area contributed by atoms with Gasteiger partial charge < -0.3 is 0 Å². The van der Waals surface area contributed by atoms with E-state index in [9.17, 15) is 9.59 Å². The molecule has 0 atom stereocenters. The van der Waals surface area contributed by atoms with Crippen molar-refractivity contribution >= 4 is 39.0 Å². The van der Waals surface area contributed by atoms with Crippen LogP contribution in [0.15, 0.2) is 39.0 Å². The highest BCUT2D eigenvalue weighted by atomic mass is 32.2. The van der Waals surface area contributed by atoms with E-state index in [-0.39, 0.29) is 11.1 Å². The summed E-state index contributed by atoms with van der Waals surface area (Å²) in [7, 11) is 0. The molecule has 0 amide bonds. The van der Waals surface area contributed by atoms with Crippen molar-refractivity contribution < 1.29 is 0 Å². The van der Waals surface area contributed by atoms with E-state index in [1.807, 2.05) is 29.7 Å². The van der Waals surface area contributed by atoms with Gasteiger partial charge in [-0.25, -0.2) is 9.97 Å². The zero-order valence-electron chi connectivity index (χ0n) is 19.1. The normalized spacial score (nSPS) is 13.3. The number of fused-ring (bicyclic) bond motifs is 4. The SMILES string of the molecule is CCCCCCn1c(SCc2cc(=O)n3c(C)cccc3n2)nc2sc3c(c2c1=O)CCC3. The lowest BCUT2D eigenvalue weighted by Crippen LogP contribution is -2.23. The number of unbranched alkanes of at least 4 members (excludes halogenated alkanes) is 3. The van der Waals surface area contributed by atoms with Crippen LogP contribution in [0, 0.1) is 6.92 Å². The van der Waals surface area contributed by atoms with Gasteiger partial charge in [0.2, 0.25) is 0 Å². The summed E-state index contributed by atoms with van der Waals surface area (Å²) in [6.07, 6.45) is 7.58. The molecule has 0 bridgehead atoms. The molecule has 0 saturated heterocycles. The predicted octanol–water partition coefficient (Wildman–Crippen LogP) is 5.14. The van der Waals surface area contributed by atoms with Gasteiger partial charge in [0.15, 0.2) is 5.16 Å². The smallest absolute Gasteiger partial charge is 0.263 e. The van der Waals surface area contributed by atoms with Crippen LogP contribution in [0.3, 0.4) is 0 Å². The van der Waals surface area contributed by atoms with Crippen molar-refractivity contribution in [3.63, 3.8) is 0 Å². The van der Waals surface area contributed by atoms with Crippen LogP contribution in [0.5, 0.6) is 0 Å². The number of hydrogen-bond donors (Lipinski definition) is 0. The minimum atomic E-state index is -0.0799. The molecule has 0 aromatic carbocycles. The average Bonchev–Trinajstić information content (AvgIpc) is 3.37. The maximum absolute atomic E-state index is 13.6. The standard InChI is InChI=1S/C25H28N4O2S2/c1-3-4-5-6-13-28-24(31)22-18-10-8-11-19(18)33-23(22)27-25(28)32-15-17-14-21(30)29-16(2)9-7-12-20(29)26-17/h7,9,12,14H,3-6,8,10-11,13,15H2,1-2H3. The van der Waals surface area contributed by atoms with Crippen LogP contribution in [0.1, 0.15) is 60.9 Å². The van der Waals surface area contributed by atoms with Crippen LogP contribution in [0.25, 0.3) is 15.9 Å². The first kappa shape index (κ1) is 22.3. The van der Waals surface area contributed by atoms with E-state index >= 15 is 0 Å². The van der Waals surface area contributed by atoms with Crippen molar-refractivity contribution in [2.45, 2.75) is 76.2 Å². The summed E-state index contributed by atoms with van der Waals surface area (Å²) >= 11 is 3.18. The van der Waals surface area contributed by atoms with Crippen molar-refractivity contribution in [3.05, 3.63) is 66.8 Å². The van der Waals surface area contributed by atoms with Crippen LogP contribution in [0.2, 0.25) is 0 Å². The Hall–Kier alpha value is -2.45. The Kier molecular flexibility index (Phi) is 6.38. The number of thioether (sulfide) groups is 1. The molecule has 0 N–H and O–H groups in total. The molecule has 4 aromatic heterocycles. The third kappa shape index (κ3) is 4.26. The molecule has 0 saturated carbocycles. The maximum atomic E-state index is 13.6. The van der Waals surface area contributed by atoms with Gasteiger partial charge in [-0.3, -0.25) is 18.6 Å². The van der Waals surface area contributed by atoms with E-state index in [2.05, 4.69) is 11.9 Å². The molecule has 1 aliphatic rings. The third-order valence-electron chi connectivity index (χ3n) is 6.31. The number of aryl methyl sites for hydroxylation is 3. The molecule has 0 aliphatic heterocycles. The highest BCUT2D eigenvalue weighted by Gasteiger charge is 2.23. The van der Waals surface area contributed by atoms with Gasteiger partial charge in [-0.15, -0.1) is 11.3 Å². The topological polar surface area (TPSA) is 69.3 Å². The summed E-state index contributed by atoms with van der Waals surface area (Å²) in [6, 6.07) is 7.26. The first-order valence-corrected chi connectivity index (χ1v) is 13.5. The van der Waals surface area contributed by atoms with E-state index in [1.165, 1.54) is 28.6 Å². The summed E-state index contributed by atoms with van der Waals surface area (Å²) in [5, 5.41) is 1.57. The van der Waals surface area contributed by atoms with Gasteiger partial charge in [-0.2, -0.15) is 0 Å². The number of rotatable bonds is 8. The summed E-state index contributed by atoms with van der Waals surface area (Å²) < 4.78 is 3.49. The largest absolute Gasteiger partial charge is 0.287 e. The van der Waals surface area contributed by atoms with Crippen LogP contribution in [0.4, 0.5) is 0 Å². The Labute approximate surface area is 200 Å². The maximum Gasteiger partial charge on any atom is 0.263 e. The monoisotopic (exact) mass is 480 g/mol. The zero-order chi connectivity index (χ0) is 22.9. The number of hydrogen-bond acceptors (Lipinski definition) is 6. The van der Waals surface area contributed by atoms with Crippen molar-refractivity contribution in [3.8, 4) is 0 Å². The highest BCUT2D eigenvalue weighted by molar-refractivity contribution is 7.98. The fraction of sp³-hybridized carbons (Fsp3) is 0.440. The predicted molar refractivity (Wildman–Crippen MR) is 136 cm³/mol. The van der Waals surface area contributed by atoms with Crippen LogP contribution in [-0.4, -0.2) is 18.9 Å². The Balaban J connectivity index is 1.49. The fourth-order valence-electron chi connectivity index (χ4n) is 4.64. The van der Waals surface area contributed by atoms with Crippen LogP contribution < -0.4 is 11.1 Å². The van der Waals surface area contributed by atoms with E-state index in [0.29, 0.717) is 23.6 Å². The molecule has 6 nitrogen and oxygen atoms in total. The first-order chi connectivity index (χ1) is 16.1. The van der Waals surface area contributed by atoms with Gasteiger partial charge in [0.1, 0.15) is 10.5 Å². The van der Waals surface area contributed by atoms with Crippen molar-refractivity contribution in [1.29, 1.82) is 0 Å². The second-order valence-corrected chi connectivity index (χ2v) is 10.7. The summed E-state index contributed by atoms with van der Waals surface area (Å²) in [6.45, 7) is 4.78. The zero-order valence-corrected chi connectivity index (χ0v) is 20.7. The summed E-state index contributed by atoms with van der Waals surface area (Å²) in [5.41, 5.74) is 3.46. The molecule has 4 heterocycles. The second-order valence-electron chi connectivity index (χ2n) is 8.68. The summed E-state index contributed by atoms with van der Waals surface area (Å²) in [4.78, 5) is 38.0. The average molecular weight is 481 g/mol. The quantitative estimate of drug-likeness (QED) is 0.199. The molecule has 0 radical (unpaired) electrons. The Morgan fingerprint density at radius 1 is 1.12 bits per heavy atom. The number of aromatic nitrogens is 4. The number of thiophene rings is 1. The third-order valence-corrected chi connectivity index (χ3v) is 8.50. The molecule has 0 spiro atoms. The van der Waals surface area contributed by atoms with Crippen molar-refractivity contribution in [2.75, 3.05) is 0 Å². The second kappa shape index (κ2) is 9.43. The lowest BCUT2D eigenvalue weighted by molar-refractivity contribution is 0.531. The lowest BCUT2D eigenvalue weighted by Gasteiger charge is -2.12. The number of nitrogens with zero attached hydrogens (tertiary/aromatic N) is 4. The molecular formula is C25H28N4O2S2. The van der Waals surface area contributed by atoms with E-state index in [4.69, 9.17) is 4.98 Å². The Bertz CT molecular complexity index is 1450. The number of pyridine rings is 1. The molecule has 5 rings (SSSR count). The first-order valence-electron chi connectivity index (χ1n) is 11.7. The molecule has 8 heteroatoms. The molecule has 0 fully saturated rings. The van der Waals surface area contributed by atoms with Crippen molar-refractivity contribution in [1.82, 2.24) is 18.9 Å². The molecule has 1 aliphatic carbocycles. The molecular weight excluding hydrogens is 452 g/mol. The fourth-order valence-corrected chi connectivity index (χ4v) is 6.86. The van der Waals surface area contributed by atoms with Gasteiger partial charge in [0.25, 0.3) is 11.1 Å². The van der Waals surface area contributed by atoms with Crippen molar-refractivity contribution in [2.24, 2.45) is 0 Å². The molecule has 4 aromatic rings. The highest BCUT2D eigenvalue weighted by Crippen LogP contribution is 2.36. The Morgan fingerprint density at radius 3 is 2.85 bits per heavy atom. The van der Waals surface area contributed by atoms with Gasteiger partial charge in [0, 0.05) is 28.9 Å². The van der Waals surface area contributed by atoms with E-state index in [0.717, 1.165) is 59.6 Å². The lowest BCUT2D eigenvalue weighted by atomic mass is 10.2. The molecule has 172 valence electrons. The van der Waals surface area contributed by atoms with E-state index in [1.54, 1.807) is 21.8 Å². The minimum absolute atomic E-state index is 0.0799. The van der Waals surface area contributed by atoms with Gasteiger partial charge in [-0.05, 0) is 50.3 Å². The summed E-state index contributed by atoms with van der Waals surface area (Å²) in [5.74, 6) is 0.498. The van der Waals surface area contributed by atoms with Crippen LogP contribution in [-0.2, 0) is 25.1 Å². The van der Waals surface area contributed by atoms with Gasteiger partial charge in [0.05, 0.1) is 11.1 Å². The van der Waals surface area contributed by atoms with Gasteiger partial charge >= 0.3 is 0 Å². The molecule has 0 unspecified atom stereocenters. The van der Waals surface area contributed by atoms with E-state index < -0.39 is 0 Å². The van der Waals surface area contributed by atoms with Gasteiger partial charge in [-0.1, -0.05) is 44.0 Å². The minimum Gasteiger partial charge on any atom is -0.287 e. The van der Waals surface area contributed by atoms with Crippen LogP contribution >= 0.6 is 23.1 Å². The molecule has 33 heavy (non-hydrogen) atoms. The Morgan fingerprint density at radius 2 is 2.00 bits per heavy atom.